The van der Waals surface area contributed by atoms with Gasteiger partial charge in [0.2, 0.25) is 0 Å². The van der Waals surface area contributed by atoms with Crippen LogP contribution in [-0.4, -0.2) is 19.5 Å². The van der Waals surface area contributed by atoms with Gasteiger partial charge in [0.25, 0.3) is 0 Å². The number of furan rings is 1. The zero-order valence-corrected chi connectivity index (χ0v) is 34.6. The van der Waals surface area contributed by atoms with Crippen LogP contribution in [0.15, 0.2) is 211 Å². The number of hydrogen-bond acceptors (Lipinski definition) is 5. The maximum atomic E-state index is 6.27. The maximum Gasteiger partial charge on any atom is 0.164 e. The third-order valence-corrected chi connectivity index (χ3v) is 13.4. The number of para-hydroxylation sites is 4. The Kier molecular flexibility index (Phi) is 8.01. The molecular formula is C57H34N4OS. The van der Waals surface area contributed by atoms with Gasteiger partial charge in [0.05, 0.1) is 11.0 Å². The van der Waals surface area contributed by atoms with E-state index in [-0.39, 0.29) is 0 Å². The molecule has 0 unspecified atom stereocenters. The highest BCUT2D eigenvalue weighted by Gasteiger charge is 2.20. The van der Waals surface area contributed by atoms with Crippen LogP contribution in [0, 0.1) is 0 Å². The second-order valence-electron chi connectivity index (χ2n) is 15.9. The third kappa shape index (κ3) is 5.80. The molecule has 294 valence electrons. The summed E-state index contributed by atoms with van der Waals surface area (Å²) in [6, 6.07) is 72.9. The summed E-state index contributed by atoms with van der Waals surface area (Å²) in [7, 11) is 0. The molecular weight excluding hydrogens is 789 g/mol. The fraction of sp³-hybridized carbons (Fsp3) is 0. The van der Waals surface area contributed by atoms with E-state index in [0.29, 0.717) is 17.5 Å². The van der Waals surface area contributed by atoms with Gasteiger partial charge in [-0.3, -0.25) is 0 Å². The predicted octanol–water partition coefficient (Wildman–Crippen LogP) is 15.6. The monoisotopic (exact) mass is 822 g/mol. The molecule has 0 spiro atoms. The van der Waals surface area contributed by atoms with Crippen molar-refractivity contribution < 1.29 is 4.42 Å². The summed E-state index contributed by atoms with van der Waals surface area (Å²) in [5, 5.41) is 7.09. The Labute approximate surface area is 365 Å². The van der Waals surface area contributed by atoms with Crippen LogP contribution in [0.3, 0.4) is 0 Å². The van der Waals surface area contributed by atoms with Crippen LogP contribution >= 0.6 is 11.3 Å². The fourth-order valence-electron chi connectivity index (χ4n) is 9.35. The van der Waals surface area contributed by atoms with Crippen molar-refractivity contribution in [1.82, 2.24) is 19.5 Å². The van der Waals surface area contributed by atoms with Gasteiger partial charge in [0.15, 0.2) is 17.5 Å². The van der Waals surface area contributed by atoms with E-state index in [4.69, 9.17) is 19.4 Å². The summed E-state index contributed by atoms with van der Waals surface area (Å²) >= 11 is 1.80. The lowest BCUT2D eigenvalue weighted by atomic mass is 9.93. The molecule has 0 aliphatic heterocycles. The van der Waals surface area contributed by atoms with Crippen LogP contribution in [0.5, 0.6) is 0 Å². The third-order valence-electron chi connectivity index (χ3n) is 12.3. The van der Waals surface area contributed by atoms with Gasteiger partial charge in [-0.15, -0.1) is 11.3 Å². The molecule has 4 aromatic heterocycles. The Balaban J connectivity index is 0.927. The van der Waals surface area contributed by atoms with Crippen LogP contribution in [0.2, 0.25) is 0 Å². The smallest absolute Gasteiger partial charge is 0.164 e. The zero-order valence-electron chi connectivity index (χ0n) is 33.7. The Hall–Kier alpha value is -8.19. The summed E-state index contributed by atoms with van der Waals surface area (Å²) in [6.07, 6.45) is 0. The molecule has 9 aromatic carbocycles. The summed E-state index contributed by atoms with van der Waals surface area (Å²) in [4.78, 5) is 15.2. The van der Waals surface area contributed by atoms with Gasteiger partial charge >= 0.3 is 0 Å². The molecule has 0 atom stereocenters. The van der Waals surface area contributed by atoms with Crippen molar-refractivity contribution in [2.24, 2.45) is 0 Å². The van der Waals surface area contributed by atoms with Crippen LogP contribution < -0.4 is 0 Å². The van der Waals surface area contributed by atoms with E-state index >= 15 is 0 Å². The van der Waals surface area contributed by atoms with Gasteiger partial charge in [-0.05, 0) is 65.2 Å². The van der Waals surface area contributed by atoms with Crippen molar-refractivity contribution in [2.75, 3.05) is 0 Å². The molecule has 0 radical (unpaired) electrons. The highest BCUT2D eigenvalue weighted by Crippen LogP contribution is 2.44. The van der Waals surface area contributed by atoms with Gasteiger partial charge in [0, 0.05) is 69.7 Å². The molecule has 0 N–H and O–H groups in total. The maximum absolute atomic E-state index is 6.27. The average molecular weight is 823 g/mol. The summed E-state index contributed by atoms with van der Waals surface area (Å²) in [5.41, 5.74) is 12.7. The normalized spacial score (nSPS) is 11.8. The standard InChI is InChI=1S/C57H34N4OS/c1-3-14-35(15-4-1)55-58-56(37-27-29-44-43-21-10-12-25-50(43)62-51(44)32-37)60-57(59-55)38-28-31-46-45-30-26-36(33-52(45)63-53(46)34-38)40-18-7-8-19-41(40)47-22-13-23-48-42-20-9-11-24-49(42)61(54(47)48)39-16-5-2-6-17-39/h1-34H. The number of nitrogens with zero attached hydrogens (tertiary/aromatic N) is 4. The van der Waals surface area contributed by atoms with E-state index in [1.807, 2.05) is 54.6 Å². The molecule has 0 saturated heterocycles. The van der Waals surface area contributed by atoms with Crippen molar-refractivity contribution in [3.05, 3.63) is 206 Å². The molecule has 0 bridgehead atoms. The van der Waals surface area contributed by atoms with Crippen molar-refractivity contribution >= 4 is 75.3 Å². The van der Waals surface area contributed by atoms with E-state index in [1.54, 1.807) is 11.3 Å². The van der Waals surface area contributed by atoms with Crippen molar-refractivity contribution in [3.8, 4) is 62.1 Å². The Morgan fingerprint density at radius 2 is 0.889 bits per heavy atom. The zero-order chi connectivity index (χ0) is 41.4. The minimum Gasteiger partial charge on any atom is -0.456 e. The number of aromatic nitrogens is 4. The first-order valence-electron chi connectivity index (χ1n) is 21.1. The number of fused-ring (bicyclic) bond motifs is 9. The second kappa shape index (κ2) is 14.2. The number of hydrogen-bond donors (Lipinski definition) is 0. The van der Waals surface area contributed by atoms with Gasteiger partial charge in [-0.1, -0.05) is 158 Å². The topological polar surface area (TPSA) is 56.7 Å². The average Bonchev–Trinajstić information content (AvgIpc) is 4.03. The number of benzene rings is 9. The predicted molar refractivity (Wildman–Crippen MR) is 262 cm³/mol. The van der Waals surface area contributed by atoms with Crippen LogP contribution in [0.1, 0.15) is 0 Å². The Morgan fingerprint density at radius 3 is 1.67 bits per heavy atom. The van der Waals surface area contributed by atoms with Crippen molar-refractivity contribution in [1.29, 1.82) is 0 Å². The van der Waals surface area contributed by atoms with E-state index in [1.165, 1.54) is 64.2 Å². The highest BCUT2D eigenvalue weighted by atomic mass is 32.1. The van der Waals surface area contributed by atoms with Crippen molar-refractivity contribution in [2.45, 2.75) is 0 Å². The van der Waals surface area contributed by atoms with Crippen LogP contribution in [0.25, 0.3) is 126 Å². The first-order valence-corrected chi connectivity index (χ1v) is 21.9. The molecule has 0 saturated carbocycles. The summed E-state index contributed by atoms with van der Waals surface area (Å²) in [5.74, 6) is 1.85. The number of rotatable bonds is 6. The minimum atomic E-state index is 0.598. The summed E-state index contributed by atoms with van der Waals surface area (Å²) in [6.45, 7) is 0. The molecule has 0 aliphatic rings. The van der Waals surface area contributed by atoms with Crippen molar-refractivity contribution in [3.63, 3.8) is 0 Å². The molecule has 13 rings (SSSR count). The molecule has 0 fully saturated rings. The van der Waals surface area contributed by atoms with Gasteiger partial charge in [-0.2, -0.15) is 0 Å². The fourth-order valence-corrected chi connectivity index (χ4v) is 10.5. The first-order chi connectivity index (χ1) is 31.2. The van der Waals surface area contributed by atoms with Crippen LogP contribution in [-0.2, 0) is 0 Å². The molecule has 6 heteroatoms. The molecule has 63 heavy (non-hydrogen) atoms. The molecule has 0 amide bonds. The lowest BCUT2D eigenvalue weighted by Gasteiger charge is -2.15. The first kappa shape index (κ1) is 35.6. The van der Waals surface area contributed by atoms with E-state index in [2.05, 4.69) is 156 Å². The van der Waals surface area contributed by atoms with Gasteiger partial charge in [-0.25, -0.2) is 15.0 Å². The molecule has 5 nitrogen and oxygen atoms in total. The summed E-state index contributed by atoms with van der Waals surface area (Å²) < 4.78 is 11.1. The van der Waals surface area contributed by atoms with E-state index in [9.17, 15) is 0 Å². The second-order valence-corrected chi connectivity index (χ2v) is 17.0. The van der Waals surface area contributed by atoms with Crippen LogP contribution in [0.4, 0.5) is 0 Å². The minimum absolute atomic E-state index is 0.598. The molecule has 4 heterocycles. The molecule has 0 aliphatic carbocycles. The lowest BCUT2D eigenvalue weighted by Crippen LogP contribution is -2.00. The van der Waals surface area contributed by atoms with E-state index in [0.717, 1.165) is 44.3 Å². The largest absolute Gasteiger partial charge is 0.456 e. The quantitative estimate of drug-likeness (QED) is 0.168. The lowest BCUT2D eigenvalue weighted by molar-refractivity contribution is 0.669. The Bertz CT molecular complexity index is 3920. The highest BCUT2D eigenvalue weighted by molar-refractivity contribution is 7.25. The molecule has 13 aromatic rings. The van der Waals surface area contributed by atoms with Gasteiger partial charge < -0.3 is 8.98 Å². The van der Waals surface area contributed by atoms with Gasteiger partial charge in [0.1, 0.15) is 11.2 Å². The van der Waals surface area contributed by atoms with E-state index < -0.39 is 0 Å². The number of thiophene rings is 1. The SMILES string of the molecule is c1ccc(-c2nc(-c3ccc4c(c3)oc3ccccc34)nc(-c3ccc4c(c3)sc3cc(-c5ccccc5-c5cccc6c7ccccc7n(-c7ccccc7)c56)ccc34)n2)cc1. The Morgan fingerprint density at radius 1 is 0.349 bits per heavy atom.